The van der Waals surface area contributed by atoms with Gasteiger partial charge in [-0.1, -0.05) is 263 Å². The van der Waals surface area contributed by atoms with Crippen molar-refractivity contribution in [2.75, 3.05) is 0 Å². The van der Waals surface area contributed by atoms with Crippen molar-refractivity contribution in [2.24, 2.45) is 16.2 Å². The van der Waals surface area contributed by atoms with E-state index >= 15 is 0 Å². The molecule has 0 amide bonds. The van der Waals surface area contributed by atoms with E-state index in [2.05, 4.69) is 55.4 Å². The molecule has 0 N–H and O–H groups in total. The van der Waals surface area contributed by atoms with Crippen LogP contribution in [-0.2, 0) is 0 Å². The van der Waals surface area contributed by atoms with Crippen molar-refractivity contribution in [3.05, 3.63) is 0 Å². The molecule has 0 saturated heterocycles. The summed E-state index contributed by atoms with van der Waals surface area (Å²) >= 11 is 0. The maximum Gasteiger partial charge on any atom is -0.0323 e. The number of unbranched alkanes of at least 4 members (excludes halogenated alkanes) is 4. The first-order valence-corrected chi connectivity index (χ1v) is 10.1. The Balaban J connectivity index is -0.0000000105. The standard InChI is InChI=1S/C22H46.21CH4/c1-9-20(4,5)17-15-13-12-14-16-18-22(8,11-3)19-21(6,7)10-2;;;;;;;;;;;;;;;;;;;;;/h9-19H2,1-8H3;21*1H4. The average molecular weight is 648 g/mol. The van der Waals surface area contributed by atoms with Crippen molar-refractivity contribution in [2.45, 2.75) is 282 Å². The fourth-order valence-corrected chi connectivity index (χ4v) is 3.53. The van der Waals surface area contributed by atoms with Crippen LogP contribution in [0.2, 0.25) is 0 Å². The molecule has 0 aliphatic carbocycles. The monoisotopic (exact) mass is 647 g/mol. The van der Waals surface area contributed by atoms with E-state index in [9.17, 15) is 0 Å². The van der Waals surface area contributed by atoms with E-state index in [-0.39, 0.29) is 156 Å². The predicted molar refractivity (Wildman–Crippen MR) is 245 cm³/mol. The van der Waals surface area contributed by atoms with Crippen molar-refractivity contribution in [1.82, 2.24) is 0 Å². The Kier molecular flexibility index (Phi) is 336. The zero-order valence-corrected chi connectivity index (χ0v) is 17.3. The minimum Gasteiger partial charge on any atom is -0.0776 e. The second-order valence-corrected chi connectivity index (χ2v) is 9.64. The quantitative estimate of drug-likeness (QED) is 0.175. The molecule has 0 aromatic heterocycles. The van der Waals surface area contributed by atoms with Crippen LogP contribution in [0, 0.1) is 16.2 Å². The first kappa shape index (κ1) is 172. The van der Waals surface area contributed by atoms with Crippen LogP contribution < -0.4 is 0 Å². The molecule has 0 aliphatic rings. The SMILES string of the molecule is C.C.C.C.C.C.C.C.C.C.C.C.C.C.C.C.C.C.C.C.C.CCC(C)(C)CCCCCCCC(C)(CC)CC(C)(C)CC. The second-order valence-electron chi connectivity index (χ2n) is 9.64. The van der Waals surface area contributed by atoms with E-state index in [0.29, 0.717) is 16.2 Å². The van der Waals surface area contributed by atoms with Gasteiger partial charge in [-0.25, -0.2) is 0 Å². The summed E-state index contributed by atoms with van der Waals surface area (Å²) in [5, 5.41) is 0. The summed E-state index contributed by atoms with van der Waals surface area (Å²) in [6.07, 6.45) is 15.3. The molecule has 0 rings (SSSR count). The van der Waals surface area contributed by atoms with Gasteiger partial charge in [0.25, 0.3) is 0 Å². The number of hydrogen-bond acceptors (Lipinski definition) is 0. The maximum atomic E-state index is 2.52. The normalized spacial score (nSPS) is 8.09. The van der Waals surface area contributed by atoms with E-state index in [1.807, 2.05) is 0 Å². The fourth-order valence-electron chi connectivity index (χ4n) is 3.53. The van der Waals surface area contributed by atoms with E-state index < -0.39 is 0 Å². The van der Waals surface area contributed by atoms with Gasteiger partial charge in [0, 0.05) is 0 Å². The molecule has 0 spiro atoms. The third kappa shape index (κ3) is 92.2. The first-order valence-electron chi connectivity index (χ1n) is 10.1. The lowest BCUT2D eigenvalue weighted by molar-refractivity contribution is 0.149. The molecule has 0 radical (unpaired) electrons. The molecular formula is C43H130. The molecule has 0 aliphatic heterocycles. The van der Waals surface area contributed by atoms with E-state index in [1.54, 1.807) is 0 Å². The summed E-state index contributed by atoms with van der Waals surface area (Å²) in [6, 6.07) is 0. The van der Waals surface area contributed by atoms with E-state index in [4.69, 9.17) is 0 Å². The molecule has 1 atom stereocenters. The number of hydrogen-bond donors (Lipinski definition) is 0. The van der Waals surface area contributed by atoms with Crippen LogP contribution in [0.4, 0.5) is 0 Å². The first-order chi connectivity index (χ1) is 10.1. The zero-order valence-electron chi connectivity index (χ0n) is 17.3. The second kappa shape index (κ2) is 84.0. The van der Waals surface area contributed by atoms with Crippen molar-refractivity contribution >= 4 is 0 Å². The van der Waals surface area contributed by atoms with Gasteiger partial charge in [0.1, 0.15) is 0 Å². The molecule has 1 unspecified atom stereocenters. The summed E-state index contributed by atoms with van der Waals surface area (Å²) in [5.74, 6) is 0. The Morgan fingerprint density at radius 2 is 0.512 bits per heavy atom. The molecule has 302 valence electrons. The van der Waals surface area contributed by atoms with Crippen molar-refractivity contribution in [1.29, 1.82) is 0 Å². The Hall–Kier alpha value is 0. The highest BCUT2D eigenvalue weighted by atomic mass is 14.3. The Bertz CT molecular complexity index is 274. The summed E-state index contributed by atoms with van der Waals surface area (Å²) in [4.78, 5) is 0. The van der Waals surface area contributed by atoms with Gasteiger partial charge < -0.3 is 0 Å². The Labute approximate surface area is 297 Å². The lowest BCUT2D eigenvalue weighted by Crippen LogP contribution is -2.24. The summed E-state index contributed by atoms with van der Waals surface area (Å²) in [6.45, 7) is 19.3. The number of rotatable bonds is 13. The molecule has 0 fully saturated rings. The zero-order chi connectivity index (χ0) is 17.3. The van der Waals surface area contributed by atoms with E-state index in [0.717, 1.165) is 0 Å². The third-order valence-electron chi connectivity index (χ3n) is 6.31. The van der Waals surface area contributed by atoms with Crippen LogP contribution in [0.25, 0.3) is 0 Å². The van der Waals surface area contributed by atoms with Crippen molar-refractivity contribution in [3.8, 4) is 0 Å². The molecule has 0 aromatic carbocycles. The lowest BCUT2D eigenvalue weighted by Gasteiger charge is -2.37. The molecule has 0 heterocycles. The van der Waals surface area contributed by atoms with Gasteiger partial charge in [-0.15, -0.1) is 0 Å². The highest BCUT2D eigenvalue weighted by molar-refractivity contribution is 4.81. The van der Waals surface area contributed by atoms with Crippen LogP contribution in [0.1, 0.15) is 282 Å². The van der Waals surface area contributed by atoms with Gasteiger partial charge in [-0.3, -0.25) is 0 Å². The minimum atomic E-state index is 0. The molecular weight excluding hydrogens is 516 g/mol. The average Bonchev–Trinajstić information content (AvgIpc) is 2.45. The largest absolute Gasteiger partial charge is 0.0776 e. The molecule has 0 heteroatoms. The summed E-state index contributed by atoms with van der Waals surface area (Å²) < 4.78 is 0. The Morgan fingerprint density at radius 3 is 0.744 bits per heavy atom. The highest BCUT2D eigenvalue weighted by Gasteiger charge is 2.29. The van der Waals surface area contributed by atoms with Crippen LogP contribution in [-0.4, -0.2) is 0 Å². The highest BCUT2D eigenvalue weighted by Crippen LogP contribution is 2.42. The summed E-state index contributed by atoms with van der Waals surface area (Å²) in [5.41, 5.74) is 1.63. The van der Waals surface area contributed by atoms with Gasteiger partial charge in [0.05, 0.1) is 0 Å². The fraction of sp³-hybridized carbons (Fsp3) is 1.00. The molecule has 0 saturated carbocycles. The van der Waals surface area contributed by atoms with Crippen LogP contribution >= 0.6 is 0 Å². The van der Waals surface area contributed by atoms with Gasteiger partial charge in [0.2, 0.25) is 0 Å². The third-order valence-corrected chi connectivity index (χ3v) is 6.31. The van der Waals surface area contributed by atoms with Crippen LogP contribution in [0.5, 0.6) is 0 Å². The minimum absolute atomic E-state index is 0. The molecule has 0 nitrogen and oxygen atoms in total. The summed E-state index contributed by atoms with van der Waals surface area (Å²) in [7, 11) is 0. The lowest BCUT2D eigenvalue weighted by atomic mass is 9.69. The molecule has 0 bridgehead atoms. The van der Waals surface area contributed by atoms with Crippen molar-refractivity contribution < 1.29 is 0 Å². The molecule has 43 heavy (non-hydrogen) atoms. The smallest absolute Gasteiger partial charge is 0.0323 e. The topological polar surface area (TPSA) is 0 Å². The maximum absolute atomic E-state index is 2.52. The van der Waals surface area contributed by atoms with Crippen LogP contribution in [0.3, 0.4) is 0 Å². The van der Waals surface area contributed by atoms with E-state index in [1.165, 1.54) is 70.6 Å². The van der Waals surface area contributed by atoms with Gasteiger partial charge >= 0.3 is 0 Å². The molecule has 0 aromatic rings. The van der Waals surface area contributed by atoms with Gasteiger partial charge in [-0.05, 0) is 35.5 Å². The Morgan fingerprint density at radius 1 is 0.279 bits per heavy atom. The van der Waals surface area contributed by atoms with Crippen LogP contribution in [0.15, 0.2) is 0 Å². The predicted octanol–water partition coefficient (Wildman–Crippen LogP) is 21.8. The van der Waals surface area contributed by atoms with Crippen molar-refractivity contribution in [3.63, 3.8) is 0 Å². The van der Waals surface area contributed by atoms with Gasteiger partial charge in [0.15, 0.2) is 0 Å². The van der Waals surface area contributed by atoms with Gasteiger partial charge in [-0.2, -0.15) is 0 Å².